The molecule has 0 bridgehead atoms. The smallest absolute Gasteiger partial charge is 0.236 e. The van der Waals surface area contributed by atoms with Crippen molar-refractivity contribution in [2.75, 3.05) is 11.1 Å². The average Bonchev–Trinajstić information content (AvgIpc) is 3.26. The largest absolute Gasteiger partial charge is 0.300 e. The third kappa shape index (κ3) is 6.14. The molecule has 25 heavy (non-hydrogen) atoms. The molecule has 1 amide bonds. The van der Waals surface area contributed by atoms with Crippen molar-refractivity contribution in [2.24, 2.45) is 0 Å². The number of thiophene rings is 1. The molecule has 8 heteroatoms. The molecule has 2 heterocycles. The highest BCUT2D eigenvalue weighted by Crippen LogP contribution is 2.29. The molecule has 0 atom stereocenters. The van der Waals surface area contributed by atoms with Gasteiger partial charge in [0.2, 0.25) is 11.0 Å². The van der Waals surface area contributed by atoms with Gasteiger partial charge in [-0.1, -0.05) is 59.0 Å². The highest BCUT2D eigenvalue weighted by molar-refractivity contribution is 8.00. The number of carbonyl (C=O) groups excluding carboxylic acids is 1. The standard InChI is InChI=1S/C17H17N3OS4/c1-12-4-6-13(7-5-12)9-22-11-15(21)18-16-19-20-17(25-16)24-10-14-3-2-8-23-14/h2-8H,9-11H2,1H3,(H,18,19,21). The van der Waals surface area contributed by atoms with Crippen LogP contribution in [0.4, 0.5) is 5.13 Å². The first-order valence-corrected chi connectivity index (χ1v) is 11.4. The molecule has 130 valence electrons. The minimum Gasteiger partial charge on any atom is -0.300 e. The number of amides is 1. The molecule has 0 saturated carbocycles. The van der Waals surface area contributed by atoms with Crippen molar-refractivity contribution >= 4 is 57.2 Å². The van der Waals surface area contributed by atoms with Gasteiger partial charge in [-0.05, 0) is 23.9 Å². The summed E-state index contributed by atoms with van der Waals surface area (Å²) in [5.74, 6) is 2.08. The Labute approximate surface area is 163 Å². The summed E-state index contributed by atoms with van der Waals surface area (Å²) in [7, 11) is 0. The lowest BCUT2D eigenvalue weighted by Crippen LogP contribution is -2.13. The van der Waals surface area contributed by atoms with Gasteiger partial charge in [-0.15, -0.1) is 33.3 Å². The van der Waals surface area contributed by atoms with E-state index < -0.39 is 0 Å². The molecular formula is C17H17N3OS4. The van der Waals surface area contributed by atoms with E-state index in [1.54, 1.807) is 34.9 Å². The fourth-order valence-electron chi connectivity index (χ4n) is 1.95. The van der Waals surface area contributed by atoms with Gasteiger partial charge < -0.3 is 0 Å². The Bertz CT molecular complexity index is 800. The fourth-order valence-corrected chi connectivity index (χ4v) is 5.28. The van der Waals surface area contributed by atoms with Gasteiger partial charge in [-0.2, -0.15) is 0 Å². The van der Waals surface area contributed by atoms with Crippen LogP contribution < -0.4 is 5.32 Å². The lowest BCUT2D eigenvalue weighted by Gasteiger charge is -2.02. The van der Waals surface area contributed by atoms with Crippen LogP contribution in [0.1, 0.15) is 16.0 Å². The van der Waals surface area contributed by atoms with Crippen LogP contribution in [0, 0.1) is 6.92 Å². The van der Waals surface area contributed by atoms with Gasteiger partial charge in [-0.25, -0.2) is 0 Å². The van der Waals surface area contributed by atoms with E-state index in [2.05, 4.69) is 58.1 Å². The Morgan fingerprint density at radius 1 is 1.16 bits per heavy atom. The second kappa shape index (κ2) is 9.38. The highest BCUT2D eigenvalue weighted by atomic mass is 32.2. The maximum Gasteiger partial charge on any atom is 0.236 e. The first-order valence-electron chi connectivity index (χ1n) is 7.61. The van der Waals surface area contributed by atoms with Crippen LogP contribution in [0.5, 0.6) is 0 Å². The van der Waals surface area contributed by atoms with Crippen LogP contribution in [-0.4, -0.2) is 21.9 Å². The summed E-state index contributed by atoms with van der Waals surface area (Å²) >= 11 is 6.39. The maximum absolute atomic E-state index is 12.0. The number of anilines is 1. The molecule has 3 rings (SSSR count). The number of hydrogen-bond donors (Lipinski definition) is 1. The summed E-state index contributed by atoms with van der Waals surface area (Å²) in [5.41, 5.74) is 2.47. The minimum absolute atomic E-state index is 0.0388. The Morgan fingerprint density at radius 3 is 2.76 bits per heavy atom. The monoisotopic (exact) mass is 407 g/mol. The van der Waals surface area contributed by atoms with Gasteiger partial charge in [0.15, 0.2) is 4.34 Å². The Morgan fingerprint density at radius 2 is 2.00 bits per heavy atom. The summed E-state index contributed by atoms with van der Waals surface area (Å²) < 4.78 is 0.871. The highest BCUT2D eigenvalue weighted by Gasteiger charge is 2.09. The lowest BCUT2D eigenvalue weighted by atomic mass is 10.2. The van der Waals surface area contributed by atoms with Crippen molar-refractivity contribution in [1.82, 2.24) is 10.2 Å². The minimum atomic E-state index is -0.0388. The Hall–Kier alpha value is -1.35. The van der Waals surface area contributed by atoms with Gasteiger partial charge in [0.05, 0.1) is 5.75 Å². The van der Waals surface area contributed by atoms with Crippen LogP contribution in [0.2, 0.25) is 0 Å². The van der Waals surface area contributed by atoms with Gasteiger partial charge >= 0.3 is 0 Å². The molecule has 0 aliphatic rings. The third-order valence-corrected chi connectivity index (χ3v) is 7.28. The molecule has 3 aromatic rings. The third-order valence-electron chi connectivity index (χ3n) is 3.19. The summed E-state index contributed by atoms with van der Waals surface area (Å²) in [5, 5.41) is 13.6. The van der Waals surface area contributed by atoms with Crippen molar-refractivity contribution in [3.63, 3.8) is 0 Å². The maximum atomic E-state index is 12.0. The Kier molecular flexibility index (Phi) is 6.92. The Balaban J connectivity index is 1.39. The van der Waals surface area contributed by atoms with Crippen molar-refractivity contribution in [1.29, 1.82) is 0 Å². The van der Waals surface area contributed by atoms with E-state index in [0.717, 1.165) is 15.8 Å². The number of benzene rings is 1. The molecule has 1 aromatic carbocycles. The van der Waals surface area contributed by atoms with E-state index >= 15 is 0 Å². The van der Waals surface area contributed by atoms with E-state index in [4.69, 9.17) is 0 Å². The molecule has 0 aliphatic carbocycles. The summed E-state index contributed by atoms with van der Waals surface area (Å²) in [6.45, 7) is 2.07. The van der Waals surface area contributed by atoms with E-state index in [-0.39, 0.29) is 5.91 Å². The van der Waals surface area contributed by atoms with E-state index in [0.29, 0.717) is 10.9 Å². The number of aryl methyl sites for hydroxylation is 1. The van der Waals surface area contributed by atoms with Crippen LogP contribution in [0.25, 0.3) is 0 Å². The number of thioether (sulfide) groups is 2. The summed E-state index contributed by atoms with van der Waals surface area (Å²) in [6, 6.07) is 12.5. The second-order valence-electron chi connectivity index (χ2n) is 5.27. The molecule has 0 saturated heterocycles. The number of carbonyl (C=O) groups is 1. The van der Waals surface area contributed by atoms with Crippen molar-refractivity contribution in [3.05, 3.63) is 57.8 Å². The van der Waals surface area contributed by atoms with E-state index in [1.165, 1.54) is 27.3 Å². The van der Waals surface area contributed by atoms with Crippen LogP contribution in [0.15, 0.2) is 46.1 Å². The first-order chi connectivity index (χ1) is 12.2. The van der Waals surface area contributed by atoms with Gasteiger partial charge in [0.1, 0.15) is 0 Å². The van der Waals surface area contributed by atoms with E-state index in [1.807, 2.05) is 6.07 Å². The van der Waals surface area contributed by atoms with Crippen molar-refractivity contribution < 1.29 is 4.79 Å². The molecule has 0 unspecified atom stereocenters. The SMILES string of the molecule is Cc1ccc(CSCC(=O)Nc2nnc(SCc3cccs3)s2)cc1. The van der Waals surface area contributed by atoms with E-state index in [9.17, 15) is 4.79 Å². The number of rotatable bonds is 8. The van der Waals surface area contributed by atoms with Crippen LogP contribution >= 0.6 is 46.2 Å². The summed E-state index contributed by atoms with van der Waals surface area (Å²) in [4.78, 5) is 13.3. The molecular weight excluding hydrogens is 390 g/mol. The first kappa shape index (κ1) is 18.4. The second-order valence-corrected chi connectivity index (χ2v) is 9.49. The van der Waals surface area contributed by atoms with Gasteiger partial charge in [0.25, 0.3) is 0 Å². The topological polar surface area (TPSA) is 54.9 Å². The number of nitrogens with zero attached hydrogens (tertiary/aromatic N) is 2. The van der Waals surface area contributed by atoms with Crippen LogP contribution in [0.3, 0.4) is 0 Å². The molecule has 4 nitrogen and oxygen atoms in total. The molecule has 0 fully saturated rings. The molecule has 0 spiro atoms. The van der Waals surface area contributed by atoms with Crippen molar-refractivity contribution in [2.45, 2.75) is 22.8 Å². The predicted octanol–water partition coefficient (Wildman–Crippen LogP) is 5.07. The zero-order valence-corrected chi connectivity index (χ0v) is 16.9. The quantitative estimate of drug-likeness (QED) is 0.417. The normalized spacial score (nSPS) is 10.8. The number of hydrogen-bond acceptors (Lipinski definition) is 7. The summed E-state index contributed by atoms with van der Waals surface area (Å²) in [6.07, 6.45) is 0. The zero-order valence-electron chi connectivity index (χ0n) is 13.6. The average molecular weight is 408 g/mol. The zero-order chi connectivity index (χ0) is 17.5. The molecule has 0 radical (unpaired) electrons. The lowest BCUT2D eigenvalue weighted by molar-refractivity contribution is -0.113. The van der Waals surface area contributed by atoms with Crippen LogP contribution in [-0.2, 0) is 16.3 Å². The van der Waals surface area contributed by atoms with Gasteiger partial charge in [-0.3, -0.25) is 10.1 Å². The molecule has 1 N–H and O–H groups in total. The molecule has 0 aliphatic heterocycles. The number of aromatic nitrogens is 2. The van der Waals surface area contributed by atoms with Gasteiger partial charge in [0, 0.05) is 16.4 Å². The molecule has 2 aromatic heterocycles. The van der Waals surface area contributed by atoms with Crippen molar-refractivity contribution in [3.8, 4) is 0 Å². The predicted molar refractivity (Wildman–Crippen MR) is 110 cm³/mol. The fraction of sp³-hybridized carbons (Fsp3) is 0.235. The number of nitrogens with one attached hydrogen (secondary N) is 1.